The molecule has 1 aromatic heterocycles. The second-order valence-corrected chi connectivity index (χ2v) is 7.52. The van der Waals surface area contributed by atoms with E-state index in [0.29, 0.717) is 11.1 Å². The van der Waals surface area contributed by atoms with E-state index in [4.69, 9.17) is 4.74 Å². The van der Waals surface area contributed by atoms with Crippen molar-refractivity contribution < 1.29 is 9.53 Å². The summed E-state index contributed by atoms with van der Waals surface area (Å²) in [6.45, 7) is 9.01. The SMILES string of the molecule is CCN1CCN(c2c(C(=O)c3ccc(C)cc3)cnc3ccc(OC)cc23)CC1. The number of nitrogens with zero attached hydrogens (tertiary/aromatic N) is 3. The Morgan fingerprint density at radius 1 is 1.07 bits per heavy atom. The third-order valence-electron chi connectivity index (χ3n) is 5.74. The minimum atomic E-state index is 0.00939. The zero-order valence-corrected chi connectivity index (χ0v) is 17.3. The summed E-state index contributed by atoms with van der Waals surface area (Å²) in [6.07, 6.45) is 1.73. The smallest absolute Gasteiger partial charge is 0.196 e. The molecule has 3 aromatic rings. The predicted molar refractivity (Wildman–Crippen MR) is 117 cm³/mol. The Morgan fingerprint density at radius 2 is 1.79 bits per heavy atom. The lowest BCUT2D eigenvalue weighted by molar-refractivity contribution is 0.103. The predicted octanol–water partition coefficient (Wildman–Crippen LogP) is 3.92. The van der Waals surface area contributed by atoms with E-state index < -0.39 is 0 Å². The molecule has 1 aliphatic heterocycles. The monoisotopic (exact) mass is 389 g/mol. The molecule has 1 saturated heterocycles. The third-order valence-corrected chi connectivity index (χ3v) is 5.74. The minimum Gasteiger partial charge on any atom is -0.497 e. The lowest BCUT2D eigenvalue weighted by Crippen LogP contribution is -2.46. The number of carbonyl (C=O) groups is 1. The molecule has 1 fully saturated rings. The van der Waals surface area contributed by atoms with Crippen LogP contribution in [-0.4, -0.2) is 55.5 Å². The number of aromatic nitrogens is 1. The summed E-state index contributed by atoms with van der Waals surface area (Å²) in [5.41, 5.74) is 4.32. The zero-order valence-electron chi connectivity index (χ0n) is 17.3. The number of fused-ring (bicyclic) bond motifs is 1. The number of carbonyl (C=O) groups excluding carboxylic acids is 1. The van der Waals surface area contributed by atoms with Gasteiger partial charge in [-0.25, -0.2) is 0 Å². The van der Waals surface area contributed by atoms with Gasteiger partial charge in [0.05, 0.1) is 23.9 Å². The Hall–Kier alpha value is -2.92. The Morgan fingerprint density at radius 3 is 2.45 bits per heavy atom. The second kappa shape index (κ2) is 8.21. The summed E-state index contributed by atoms with van der Waals surface area (Å²) in [5, 5.41) is 0.965. The first-order valence-corrected chi connectivity index (χ1v) is 10.2. The van der Waals surface area contributed by atoms with Gasteiger partial charge in [0.25, 0.3) is 0 Å². The topological polar surface area (TPSA) is 45.7 Å². The fraction of sp³-hybridized carbons (Fsp3) is 0.333. The molecule has 0 bridgehead atoms. The van der Waals surface area contributed by atoms with Crippen LogP contribution in [0.25, 0.3) is 10.9 Å². The average molecular weight is 389 g/mol. The van der Waals surface area contributed by atoms with Crippen LogP contribution in [0.3, 0.4) is 0 Å². The number of ether oxygens (including phenoxy) is 1. The number of aryl methyl sites for hydroxylation is 1. The van der Waals surface area contributed by atoms with Gasteiger partial charge in [0.2, 0.25) is 0 Å². The molecule has 5 nitrogen and oxygen atoms in total. The van der Waals surface area contributed by atoms with Crippen molar-refractivity contribution in [1.82, 2.24) is 9.88 Å². The standard InChI is InChI=1S/C24H27N3O2/c1-4-26-11-13-27(14-12-26)23-20-15-19(29-3)9-10-22(20)25-16-21(23)24(28)18-7-5-17(2)6-8-18/h5-10,15-16H,4,11-14H2,1-3H3. The maximum absolute atomic E-state index is 13.4. The van der Waals surface area contributed by atoms with Crippen molar-refractivity contribution in [2.24, 2.45) is 0 Å². The number of piperazine rings is 1. The number of hydrogen-bond donors (Lipinski definition) is 0. The Labute approximate surface area is 171 Å². The van der Waals surface area contributed by atoms with Crippen LogP contribution in [0.15, 0.2) is 48.7 Å². The Kier molecular flexibility index (Phi) is 5.49. The van der Waals surface area contributed by atoms with Crippen molar-refractivity contribution in [3.05, 3.63) is 65.4 Å². The van der Waals surface area contributed by atoms with Gasteiger partial charge in [-0.2, -0.15) is 0 Å². The average Bonchev–Trinajstić information content (AvgIpc) is 2.78. The first kappa shape index (κ1) is 19.4. The van der Waals surface area contributed by atoms with Gasteiger partial charge in [-0.1, -0.05) is 36.8 Å². The number of likely N-dealkylation sites (N-methyl/N-ethyl adjacent to an activating group) is 1. The molecule has 0 N–H and O–H groups in total. The van der Waals surface area contributed by atoms with E-state index in [1.165, 1.54) is 0 Å². The molecule has 0 unspecified atom stereocenters. The van der Waals surface area contributed by atoms with Crippen molar-refractivity contribution in [3.63, 3.8) is 0 Å². The summed E-state index contributed by atoms with van der Waals surface area (Å²) in [5.74, 6) is 0.780. The van der Waals surface area contributed by atoms with E-state index in [1.807, 2.05) is 49.4 Å². The summed E-state index contributed by atoms with van der Waals surface area (Å²) in [7, 11) is 1.66. The van der Waals surface area contributed by atoms with Gasteiger partial charge in [0.1, 0.15) is 5.75 Å². The molecule has 0 saturated carbocycles. The van der Waals surface area contributed by atoms with Crippen LogP contribution < -0.4 is 9.64 Å². The molecule has 0 spiro atoms. The van der Waals surface area contributed by atoms with Crippen molar-refractivity contribution in [2.45, 2.75) is 13.8 Å². The summed E-state index contributed by atoms with van der Waals surface area (Å²) >= 11 is 0. The van der Waals surface area contributed by atoms with Crippen LogP contribution >= 0.6 is 0 Å². The summed E-state index contributed by atoms with van der Waals surface area (Å²) in [4.78, 5) is 22.8. The molecule has 150 valence electrons. The molecule has 1 aliphatic rings. The van der Waals surface area contributed by atoms with Gasteiger partial charge in [-0.05, 0) is 31.7 Å². The normalized spacial score (nSPS) is 14.9. The van der Waals surface area contributed by atoms with E-state index in [0.717, 1.165) is 60.6 Å². The number of rotatable bonds is 5. The number of ketones is 1. The van der Waals surface area contributed by atoms with Crippen LogP contribution in [0.1, 0.15) is 28.4 Å². The largest absolute Gasteiger partial charge is 0.497 e. The molecule has 5 heteroatoms. The zero-order chi connectivity index (χ0) is 20.4. The minimum absolute atomic E-state index is 0.00939. The first-order valence-electron chi connectivity index (χ1n) is 10.2. The van der Waals surface area contributed by atoms with Gasteiger partial charge in [-0.15, -0.1) is 0 Å². The van der Waals surface area contributed by atoms with Crippen LogP contribution in [0.4, 0.5) is 5.69 Å². The summed E-state index contributed by atoms with van der Waals surface area (Å²) in [6, 6.07) is 13.6. The van der Waals surface area contributed by atoms with Crippen molar-refractivity contribution in [1.29, 1.82) is 0 Å². The van der Waals surface area contributed by atoms with Gasteiger partial charge in [0.15, 0.2) is 5.78 Å². The van der Waals surface area contributed by atoms with E-state index in [2.05, 4.69) is 21.7 Å². The molecule has 2 aromatic carbocycles. The second-order valence-electron chi connectivity index (χ2n) is 7.52. The van der Waals surface area contributed by atoms with Gasteiger partial charge >= 0.3 is 0 Å². The molecule has 0 radical (unpaired) electrons. The fourth-order valence-electron chi connectivity index (χ4n) is 3.94. The van der Waals surface area contributed by atoms with Crippen LogP contribution in [0.2, 0.25) is 0 Å². The molecular weight excluding hydrogens is 362 g/mol. The molecule has 0 atom stereocenters. The Bertz CT molecular complexity index is 1020. The van der Waals surface area contributed by atoms with Gasteiger partial charge in [-0.3, -0.25) is 9.78 Å². The highest BCUT2D eigenvalue weighted by atomic mass is 16.5. The maximum Gasteiger partial charge on any atom is 0.196 e. The number of hydrogen-bond acceptors (Lipinski definition) is 5. The molecule has 2 heterocycles. The number of benzene rings is 2. The van der Waals surface area contributed by atoms with E-state index in [9.17, 15) is 4.79 Å². The van der Waals surface area contributed by atoms with Crippen LogP contribution in [-0.2, 0) is 0 Å². The number of methoxy groups -OCH3 is 1. The maximum atomic E-state index is 13.4. The quantitative estimate of drug-likeness (QED) is 0.619. The van der Waals surface area contributed by atoms with Crippen LogP contribution in [0.5, 0.6) is 5.75 Å². The van der Waals surface area contributed by atoms with E-state index in [-0.39, 0.29) is 5.78 Å². The highest BCUT2D eigenvalue weighted by Crippen LogP contribution is 2.34. The van der Waals surface area contributed by atoms with Crippen molar-refractivity contribution in [2.75, 3.05) is 44.7 Å². The lowest BCUT2D eigenvalue weighted by atomic mass is 9.98. The Balaban J connectivity index is 1.84. The van der Waals surface area contributed by atoms with Gasteiger partial charge < -0.3 is 14.5 Å². The molecule has 29 heavy (non-hydrogen) atoms. The highest BCUT2D eigenvalue weighted by molar-refractivity contribution is 6.16. The highest BCUT2D eigenvalue weighted by Gasteiger charge is 2.24. The number of anilines is 1. The van der Waals surface area contributed by atoms with Crippen molar-refractivity contribution in [3.8, 4) is 5.75 Å². The molecule has 0 amide bonds. The molecule has 4 rings (SSSR count). The van der Waals surface area contributed by atoms with Crippen LogP contribution in [0, 0.1) is 6.92 Å². The fourth-order valence-corrected chi connectivity index (χ4v) is 3.94. The third kappa shape index (κ3) is 3.83. The van der Waals surface area contributed by atoms with Crippen molar-refractivity contribution >= 4 is 22.4 Å². The van der Waals surface area contributed by atoms with Gasteiger partial charge in [0, 0.05) is 43.3 Å². The molecular formula is C24H27N3O2. The molecule has 0 aliphatic carbocycles. The van der Waals surface area contributed by atoms with E-state index in [1.54, 1.807) is 13.3 Å². The first-order chi connectivity index (χ1) is 14.1. The number of pyridine rings is 1. The lowest BCUT2D eigenvalue weighted by Gasteiger charge is -2.36. The summed E-state index contributed by atoms with van der Waals surface area (Å²) < 4.78 is 5.46. The van der Waals surface area contributed by atoms with E-state index >= 15 is 0 Å².